The van der Waals surface area contributed by atoms with E-state index in [2.05, 4.69) is 10.0 Å². The molecule has 0 unspecified atom stereocenters. The summed E-state index contributed by atoms with van der Waals surface area (Å²) >= 11 is 11.9. The topological polar surface area (TPSA) is 84.5 Å². The van der Waals surface area contributed by atoms with Gasteiger partial charge in [-0.05, 0) is 48.4 Å². The van der Waals surface area contributed by atoms with Crippen LogP contribution in [0.4, 0.5) is 10.1 Å². The SMILES string of the molecule is CC(C)CNC(=O)c1cc(Cl)c(F)cc1NS(=O)(=O)c1ccc(Oc2ccccc2Cl)cc1. The van der Waals surface area contributed by atoms with Crippen LogP contribution in [0.15, 0.2) is 65.6 Å². The van der Waals surface area contributed by atoms with E-state index in [1.807, 2.05) is 13.8 Å². The molecule has 0 aliphatic carbocycles. The van der Waals surface area contributed by atoms with Crippen LogP contribution in [0.5, 0.6) is 11.5 Å². The van der Waals surface area contributed by atoms with Crippen molar-refractivity contribution in [3.05, 3.63) is 82.1 Å². The summed E-state index contributed by atoms with van der Waals surface area (Å²) in [7, 11) is -4.15. The first-order chi connectivity index (χ1) is 15.6. The van der Waals surface area contributed by atoms with Gasteiger partial charge in [0.1, 0.15) is 17.3 Å². The normalized spacial score (nSPS) is 11.3. The minimum Gasteiger partial charge on any atom is -0.456 e. The zero-order chi connectivity index (χ0) is 24.2. The van der Waals surface area contributed by atoms with Crippen molar-refractivity contribution in [2.75, 3.05) is 11.3 Å². The van der Waals surface area contributed by atoms with Crippen molar-refractivity contribution in [2.24, 2.45) is 5.92 Å². The molecule has 0 spiro atoms. The lowest BCUT2D eigenvalue weighted by Gasteiger charge is -2.15. The van der Waals surface area contributed by atoms with Gasteiger partial charge in [0.25, 0.3) is 15.9 Å². The van der Waals surface area contributed by atoms with Gasteiger partial charge in [-0.3, -0.25) is 9.52 Å². The van der Waals surface area contributed by atoms with Gasteiger partial charge in [-0.15, -0.1) is 0 Å². The van der Waals surface area contributed by atoms with E-state index in [-0.39, 0.29) is 27.1 Å². The smallest absolute Gasteiger partial charge is 0.261 e. The quantitative estimate of drug-likeness (QED) is 0.382. The standard InChI is InChI=1S/C23H21Cl2FN2O4S/c1-14(2)13-27-23(29)17-11-19(25)20(26)12-21(17)28-33(30,31)16-9-7-15(8-10-16)32-22-6-4-3-5-18(22)24/h3-12,14,28H,13H2,1-2H3,(H,27,29). The fourth-order valence-electron chi connectivity index (χ4n) is 2.76. The highest BCUT2D eigenvalue weighted by atomic mass is 35.5. The molecule has 10 heteroatoms. The number of para-hydroxylation sites is 1. The summed E-state index contributed by atoms with van der Waals surface area (Å²) in [5.41, 5.74) is -0.321. The van der Waals surface area contributed by atoms with Crippen LogP contribution in [0, 0.1) is 11.7 Å². The second kappa shape index (κ2) is 10.4. The third-order valence-corrected chi connectivity index (χ3v) is 6.40. The van der Waals surface area contributed by atoms with E-state index in [9.17, 15) is 17.6 Å². The molecule has 3 aromatic rings. The van der Waals surface area contributed by atoms with Gasteiger partial charge in [-0.1, -0.05) is 49.2 Å². The Morgan fingerprint density at radius 3 is 2.33 bits per heavy atom. The maximum atomic E-state index is 14.1. The maximum absolute atomic E-state index is 14.1. The van der Waals surface area contributed by atoms with Gasteiger partial charge < -0.3 is 10.1 Å². The molecule has 0 saturated heterocycles. The van der Waals surface area contributed by atoms with Crippen molar-refractivity contribution in [2.45, 2.75) is 18.7 Å². The molecule has 3 aromatic carbocycles. The number of hydrogen-bond donors (Lipinski definition) is 2. The number of nitrogens with one attached hydrogen (secondary N) is 2. The second-order valence-electron chi connectivity index (χ2n) is 7.53. The van der Waals surface area contributed by atoms with Crippen LogP contribution in [0.2, 0.25) is 10.0 Å². The lowest BCUT2D eigenvalue weighted by atomic mass is 10.1. The molecule has 0 heterocycles. The fraction of sp³-hybridized carbons (Fsp3) is 0.174. The highest BCUT2D eigenvalue weighted by Gasteiger charge is 2.21. The molecule has 0 aliphatic heterocycles. The summed E-state index contributed by atoms with van der Waals surface area (Å²) in [6, 6.07) is 14.4. The number of anilines is 1. The van der Waals surface area contributed by atoms with Crippen LogP contribution in [0.25, 0.3) is 0 Å². The zero-order valence-corrected chi connectivity index (χ0v) is 20.1. The van der Waals surface area contributed by atoms with Crippen molar-refractivity contribution < 1.29 is 22.3 Å². The second-order valence-corrected chi connectivity index (χ2v) is 10.0. The molecule has 174 valence electrons. The predicted molar refractivity (Wildman–Crippen MR) is 127 cm³/mol. The number of sulfonamides is 1. The summed E-state index contributed by atoms with van der Waals surface area (Å²) in [6.45, 7) is 4.16. The first-order valence-corrected chi connectivity index (χ1v) is 12.1. The average Bonchev–Trinajstić information content (AvgIpc) is 2.76. The van der Waals surface area contributed by atoms with Crippen molar-refractivity contribution in [1.29, 1.82) is 0 Å². The van der Waals surface area contributed by atoms with E-state index >= 15 is 0 Å². The molecule has 0 bridgehead atoms. The summed E-state index contributed by atoms with van der Waals surface area (Å²) in [6.07, 6.45) is 0. The average molecular weight is 511 g/mol. The third-order valence-electron chi connectivity index (χ3n) is 4.42. The van der Waals surface area contributed by atoms with E-state index in [1.165, 1.54) is 24.3 Å². The van der Waals surface area contributed by atoms with Gasteiger partial charge in [0.15, 0.2) is 0 Å². The summed E-state index contributed by atoms with van der Waals surface area (Å²) < 4.78 is 47.8. The van der Waals surface area contributed by atoms with E-state index < -0.39 is 21.7 Å². The van der Waals surface area contributed by atoms with E-state index in [4.69, 9.17) is 27.9 Å². The van der Waals surface area contributed by atoms with Gasteiger partial charge in [-0.25, -0.2) is 12.8 Å². The Kier molecular flexibility index (Phi) is 7.84. The van der Waals surface area contributed by atoms with Crippen LogP contribution in [0.3, 0.4) is 0 Å². The fourth-order valence-corrected chi connectivity index (χ4v) is 4.16. The lowest BCUT2D eigenvalue weighted by Crippen LogP contribution is -2.28. The van der Waals surface area contributed by atoms with Gasteiger partial charge in [0, 0.05) is 12.6 Å². The molecule has 0 aliphatic rings. The molecule has 0 saturated carbocycles. The predicted octanol–water partition coefficient (Wildman–Crippen LogP) is 6.11. The maximum Gasteiger partial charge on any atom is 0.261 e. The molecule has 33 heavy (non-hydrogen) atoms. The Labute approximate surface area is 201 Å². The Bertz CT molecular complexity index is 1270. The van der Waals surface area contributed by atoms with Crippen molar-refractivity contribution >= 4 is 44.8 Å². The number of carbonyl (C=O) groups excluding carboxylic acids is 1. The summed E-state index contributed by atoms with van der Waals surface area (Å²) in [4.78, 5) is 12.4. The Hall–Kier alpha value is -2.81. The third kappa shape index (κ3) is 6.37. The number of carbonyl (C=O) groups is 1. The van der Waals surface area contributed by atoms with E-state index in [0.29, 0.717) is 23.1 Å². The molecule has 3 rings (SSSR count). The number of ether oxygens (including phenoxy) is 1. The molecule has 1 amide bonds. The largest absolute Gasteiger partial charge is 0.456 e. The van der Waals surface area contributed by atoms with Crippen molar-refractivity contribution in [1.82, 2.24) is 5.32 Å². The van der Waals surface area contributed by atoms with Crippen LogP contribution in [-0.4, -0.2) is 20.9 Å². The van der Waals surface area contributed by atoms with E-state index in [1.54, 1.807) is 24.3 Å². The van der Waals surface area contributed by atoms with Crippen molar-refractivity contribution in [3.8, 4) is 11.5 Å². The number of benzene rings is 3. The number of halogens is 3. The number of amides is 1. The summed E-state index contributed by atoms with van der Waals surface area (Å²) in [5, 5.41) is 2.77. The molecule has 0 fully saturated rings. The molecular formula is C23H21Cl2FN2O4S. The molecule has 6 nitrogen and oxygen atoms in total. The minimum atomic E-state index is -4.15. The lowest BCUT2D eigenvalue weighted by molar-refractivity contribution is 0.0950. The van der Waals surface area contributed by atoms with Gasteiger partial charge in [0.05, 0.1) is 26.2 Å². The molecule has 0 radical (unpaired) electrons. The van der Waals surface area contributed by atoms with Crippen LogP contribution in [-0.2, 0) is 10.0 Å². The molecular weight excluding hydrogens is 490 g/mol. The molecule has 0 atom stereocenters. The minimum absolute atomic E-state index is 0.0932. The number of rotatable bonds is 8. The van der Waals surface area contributed by atoms with Gasteiger partial charge in [-0.2, -0.15) is 0 Å². The van der Waals surface area contributed by atoms with Crippen LogP contribution in [0.1, 0.15) is 24.2 Å². The highest BCUT2D eigenvalue weighted by molar-refractivity contribution is 7.92. The number of hydrogen-bond acceptors (Lipinski definition) is 4. The Morgan fingerprint density at radius 1 is 1.03 bits per heavy atom. The zero-order valence-electron chi connectivity index (χ0n) is 17.7. The van der Waals surface area contributed by atoms with E-state index in [0.717, 1.165) is 12.1 Å². The Morgan fingerprint density at radius 2 is 1.70 bits per heavy atom. The summed E-state index contributed by atoms with van der Waals surface area (Å²) in [5.74, 6) is -0.489. The van der Waals surface area contributed by atoms with Crippen LogP contribution < -0.4 is 14.8 Å². The molecule has 0 aromatic heterocycles. The first kappa shape index (κ1) is 24.8. The highest BCUT2D eigenvalue weighted by Crippen LogP contribution is 2.30. The molecule has 2 N–H and O–H groups in total. The van der Waals surface area contributed by atoms with Gasteiger partial charge >= 0.3 is 0 Å². The van der Waals surface area contributed by atoms with Gasteiger partial charge in [0.2, 0.25) is 0 Å². The van der Waals surface area contributed by atoms with Crippen LogP contribution >= 0.6 is 23.2 Å². The first-order valence-electron chi connectivity index (χ1n) is 9.89. The Balaban J connectivity index is 1.84. The monoisotopic (exact) mass is 510 g/mol. The van der Waals surface area contributed by atoms with Crippen molar-refractivity contribution in [3.63, 3.8) is 0 Å².